The van der Waals surface area contributed by atoms with Gasteiger partial charge in [-0.15, -0.1) is 0 Å². The quantitative estimate of drug-likeness (QED) is 0.636. The van der Waals surface area contributed by atoms with Gasteiger partial charge in [-0.2, -0.15) is 0 Å². The number of nitrogens with one attached hydrogen (secondary N) is 1. The lowest BCUT2D eigenvalue weighted by Crippen LogP contribution is -2.46. The first-order valence-electron chi connectivity index (χ1n) is 9.18. The SMILES string of the molecule is CN=C(NCC1CCCCO1)N1CCC(N2CCCCC2)C1. The van der Waals surface area contributed by atoms with Crippen LogP contribution in [-0.2, 0) is 4.74 Å². The molecule has 3 heterocycles. The average molecular weight is 308 g/mol. The molecule has 3 aliphatic heterocycles. The smallest absolute Gasteiger partial charge is 0.193 e. The van der Waals surface area contributed by atoms with E-state index in [-0.39, 0.29) is 0 Å². The number of piperidine rings is 1. The molecule has 2 atom stereocenters. The van der Waals surface area contributed by atoms with Crippen LogP contribution in [0.3, 0.4) is 0 Å². The van der Waals surface area contributed by atoms with Crippen LogP contribution in [0.15, 0.2) is 4.99 Å². The molecule has 3 rings (SSSR count). The maximum atomic E-state index is 5.81. The Morgan fingerprint density at radius 1 is 1.09 bits per heavy atom. The van der Waals surface area contributed by atoms with Crippen molar-refractivity contribution >= 4 is 5.96 Å². The summed E-state index contributed by atoms with van der Waals surface area (Å²) in [6.45, 7) is 6.67. The Bertz CT molecular complexity index is 362. The zero-order valence-electron chi connectivity index (χ0n) is 14.1. The molecule has 0 spiro atoms. The molecular weight excluding hydrogens is 276 g/mol. The number of ether oxygens (including phenoxy) is 1. The van der Waals surface area contributed by atoms with Crippen LogP contribution in [0.5, 0.6) is 0 Å². The second-order valence-corrected chi connectivity index (χ2v) is 6.90. The average Bonchev–Trinajstić information content (AvgIpc) is 3.07. The summed E-state index contributed by atoms with van der Waals surface area (Å²) in [5.74, 6) is 1.06. The Morgan fingerprint density at radius 3 is 2.68 bits per heavy atom. The molecule has 3 aliphatic rings. The number of hydrogen-bond acceptors (Lipinski definition) is 3. The Kier molecular flexibility index (Phi) is 5.96. The number of guanidine groups is 1. The maximum Gasteiger partial charge on any atom is 0.193 e. The van der Waals surface area contributed by atoms with Crippen LogP contribution in [0.4, 0.5) is 0 Å². The van der Waals surface area contributed by atoms with Gasteiger partial charge in [0.05, 0.1) is 6.10 Å². The van der Waals surface area contributed by atoms with Crippen LogP contribution < -0.4 is 5.32 Å². The number of nitrogens with zero attached hydrogens (tertiary/aromatic N) is 3. The van der Waals surface area contributed by atoms with Crippen LogP contribution in [0, 0.1) is 0 Å². The van der Waals surface area contributed by atoms with Crippen LogP contribution in [0.1, 0.15) is 44.9 Å². The predicted molar refractivity (Wildman–Crippen MR) is 90.4 cm³/mol. The number of likely N-dealkylation sites (tertiary alicyclic amines) is 2. The van der Waals surface area contributed by atoms with Gasteiger partial charge in [0.25, 0.3) is 0 Å². The molecule has 0 bridgehead atoms. The van der Waals surface area contributed by atoms with E-state index in [9.17, 15) is 0 Å². The fourth-order valence-corrected chi connectivity index (χ4v) is 4.02. The Morgan fingerprint density at radius 2 is 1.95 bits per heavy atom. The molecule has 0 saturated carbocycles. The molecule has 0 radical (unpaired) electrons. The van der Waals surface area contributed by atoms with Gasteiger partial charge in [-0.05, 0) is 51.6 Å². The van der Waals surface area contributed by atoms with Gasteiger partial charge in [0.2, 0.25) is 0 Å². The molecule has 5 nitrogen and oxygen atoms in total. The normalized spacial score (nSPS) is 31.5. The highest BCUT2D eigenvalue weighted by Crippen LogP contribution is 2.20. The molecule has 5 heteroatoms. The summed E-state index contributed by atoms with van der Waals surface area (Å²) in [4.78, 5) is 9.62. The van der Waals surface area contributed by atoms with Crippen molar-refractivity contribution in [1.29, 1.82) is 0 Å². The molecule has 0 aromatic rings. The summed E-state index contributed by atoms with van der Waals surface area (Å²) in [6, 6.07) is 0.727. The van der Waals surface area contributed by atoms with E-state index in [0.717, 1.165) is 38.2 Å². The lowest BCUT2D eigenvalue weighted by Gasteiger charge is -2.32. The van der Waals surface area contributed by atoms with Crippen molar-refractivity contribution in [3.63, 3.8) is 0 Å². The summed E-state index contributed by atoms with van der Waals surface area (Å²) < 4.78 is 5.81. The van der Waals surface area contributed by atoms with E-state index in [4.69, 9.17) is 4.74 Å². The topological polar surface area (TPSA) is 40.1 Å². The molecular formula is C17H32N4O. The van der Waals surface area contributed by atoms with Crippen molar-refractivity contribution < 1.29 is 4.74 Å². The molecule has 3 saturated heterocycles. The van der Waals surface area contributed by atoms with E-state index < -0.39 is 0 Å². The maximum absolute atomic E-state index is 5.81. The van der Waals surface area contributed by atoms with Crippen molar-refractivity contribution in [2.75, 3.05) is 46.4 Å². The number of aliphatic imine (C=N–C) groups is 1. The molecule has 3 fully saturated rings. The second kappa shape index (κ2) is 8.16. The molecule has 0 aliphatic carbocycles. The first-order chi connectivity index (χ1) is 10.9. The van der Waals surface area contributed by atoms with Crippen molar-refractivity contribution in [2.24, 2.45) is 4.99 Å². The number of rotatable bonds is 3. The fourth-order valence-electron chi connectivity index (χ4n) is 4.02. The Balaban J connectivity index is 1.45. The lowest BCUT2D eigenvalue weighted by atomic mass is 10.1. The van der Waals surface area contributed by atoms with Crippen molar-refractivity contribution in [1.82, 2.24) is 15.1 Å². The van der Waals surface area contributed by atoms with E-state index in [1.807, 2.05) is 7.05 Å². The minimum absolute atomic E-state index is 0.367. The summed E-state index contributed by atoms with van der Waals surface area (Å²) in [5.41, 5.74) is 0. The highest BCUT2D eigenvalue weighted by Gasteiger charge is 2.30. The van der Waals surface area contributed by atoms with E-state index in [2.05, 4.69) is 20.1 Å². The van der Waals surface area contributed by atoms with Crippen LogP contribution in [-0.4, -0.2) is 74.3 Å². The van der Waals surface area contributed by atoms with Gasteiger partial charge < -0.3 is 15.0 Å². The molecule has 22 heavy (non-hydrogen) atoms. The zero-order chi connectivity index (χ0) is 15.2. The summed E-state index contributed by atoms with van der Waals surface area (Å²) in [5, 5.41) is 3.54. The second-order valence-electron chi connectivity index (χ2n) is 6.90. The molecule has 0 aromatic carbocycles. The fraction of sp³-hybridized carbons (Fsp3) is 0.941. The first-order valence-corrected chi connectivity index (χ1v) is 9.18. The minimum Gasteiger partial charge on any atom is -0.376 e. The van der Waals surface area contributed by atoms with E-state index in [0.29, 0.717) is 6.10 Å². The molecule has 0 amide bonds. The van der Waals surface area contributed by atoms with Crippen LogP contribution in [0.2, 0.25) is 0 Å². The largest absolute Gasteiger partial charge is 0.376 e. The van der Waals surface area contributed by atoms with Gasteiger partial charge >= 0.3 is 0 Å². The first kappa shape index (κ1) is 16.1. The Labute approximate surface area is 135 Å². The van der Waals surface area contributed by atoms with Gasteiger partial charge in [-0.1, -0.05) is 6.42 Å². The van der Waals surface area contributed by atoms with Gasteiger partial charge in [-0.3, -0.25) is 9.89 Å². The Hall–Kier alpha value is -0.810. The van der Waals surface area contributed by atoms with Gasteiger partial charge in [0.1, 0.15) is 0 Å². The molecule has 2 unspecified atom stereocenters. The van der Waals surface area contributed by atoms with E-state index >= 15 is 0 Å². The third kappa shape index (κ3) is 4.13. The standard InChI is InChI=1S/C17H32N4O/c1-18-17(19-13-16-7-3-6-12-22-16)21-11-8-15(14-21)20-9-4-2-5-10-20/h15-16H,2-14H2,1H3,(H,18,19). The van der Waals surface area contributed by atoms with Crippen molar-refractivity contribution in [2.45, 2.75) is 57.1 Å². The van der Waals surface area contributed by atoms with Gasteiger partial charge in [0, 0.05) is 39.3 Å². The monoisotopic (exact) mass is 308 g/mol. The highest BCUT2D eigenvalue weighted by molar-refractivity contribution is 5.80. The summed E-state index contributed by atoms with van der Waals surface area (Å²) in [6.07, 6.45) is 9.51. The third-order valence-electron chi connectivity index (χ3n) is 5.34. The lowest BCUT2D eigenvalue weighted by molar-refractivity contribution is 0.0191. The molecule has 126 valence electrons. The van der Waals surface area contributed by atoms with Crippen molar-refractivity contribution in [3.8, 4) is 0 Å². The summed E-state index contributed by atoms with van der Waals surface area (Å²) in [7, 11) is 1.90. The molecule has 0 aromatic heterocycles. The molecule has 1 N–H and O–H groups in total. The zero-order valence-corrected chi connectivity index (χ0v) is 14.1. The van der Waals surface area contributed by atoms with E-state index in [1.165, 1.54) is 58.0 Å². The summed E-state index contributed by atoms with van der Waals surface area (Å²) >= 11 is 0. The van der Waals surface area contributed by atoms with Crippen LogP contribution >= 0.6 is 0 Å². The minimum atomic E-state index is 0.367. The third-order valence-corrected chi connectivity index (χ3v) is 5.34. The predicted octanol–water partition coefficient (Wildman–Crippen LogP) is 1.69. The highest BCUT2D eigenvalue weighted by atomic mass is 16.5. The van der Waals surface area contributed by atoms with Crippen molar-refractivity contribution in [3.05, 3.63) is 0 Å². The van der Waals surface area contributed by atoms with Crippen LogP contribution in [0.25, 0.3) is 0 Å². The van der Waals surface area contributed by atoms with Gasteiger partial charge in [-0.25, -0.2) is 0 Å². The van der Waals surface area contributed by atoms with E-state index in [1.54, 1.807) is 0 Å². The number of hydrogen-bond donors (Lipinski definition) is 1. The van der Waals surface area contributed by atoms with Gasteiger partial charge in [0.15, 0.2) is 5.96 Å².